The Morgan fingerprint density at radius 2 is 2.10 bits per heavy atom. The lowest BCUT2D eigenvalue weighted by atomic mass is 10.1. The number of anilines is 1. The van der Waals surface area contributed by atoms with E-state index in [1.165, 1.54) is 17.9 Å². The van der Waals surface area contributed by atoms with Crippen LogP contribution in [0.3, 0.4) is 0 Å². The first-order chi connectivity index (χ1) is 9.70. The van der Waals surface area contributed by atoms with Crippen LogP contribution >= 0.6 is 0 Å². The van der Waals surface area contributed by atoms with Gasteiger partial charge in [0.15, 0.2) is 0 Å². The van der Waals surface area contributed by atoms with E-state index < -0.39 is 15.8 Å². The molecule has 1 amide bonds. The van der Waals surface area contributed by atoms with Gasteiger partial charge in [0, 0.05) is 37.3 Å². The van der Waals surface area contributed by atoms with E-state index in [1.807, 2.05) is 0 Å². The molecule has 3 N–H and O–H groups in total. The number of likely N-dealkylation sites (N-methyl/N-ethyl adjacent to an activating group) is 1. The highest BCUT2D eigenvalue weighted by Gasteiger charge is 2.28. The molecule has 1 unspecified atom stereocenters. The summed E-state index contributed by atoms with van der Waals surface area (Å²) in [6, 6.07) is 1.93. The molecule has 8 heteroatoms. The second-order valence-corrected chi connectivity index (χ2v) is 6.94. The van der Waals surface area contributed by atoms with Gasteiger partial charge >= 0.3 is 0 Å². The number of rotatable bonds is 3. The number of piperidine rings is 1. The highest BCUT2D eigenvalue weighted by molar-refractivity contribution is 7.89. The maximum atomic E-state index is 13.6. The summed E-state index contributed by atoms with van der Waals surface area (Å²) in [7, 11) is -2.27. The number of carbonyl (C=O) groups is 1. The summed E-state index contributed by atoms with van der Waals surface area (Å²) >= 11 is 0. The van der Waals surface area contributed by atoms with Gasteiger partial charge in [-0.2, -0.15) is 0 Å². The third-order valence-electron chi connectivity index (χ3n) is 3.56. The van der Waals surface area contributed by atoms with Crippen LogP contribution in [-0.2, 0) is 14.8 Å². The van der Waals surface area contributed by atoms with Crippen molar-refractivity contribution in [1.82, 2.24) is 9.62 Å². The largest absolute Gasteiger partial charge is 0.399 e. The van der Waals surface area contributed by atoms with Crippen molar-refractivity contribution < 1.29 is 17.6 Å². The number of halogens is 1. The van der Waals surface area contributed by atoms with E-state index in [1.54, 1.807) is 7.05 Å². The Balaban J connectivity index is 2.25. The van der Waals surface area contributed by atoms with E-state index in [2.05, 4.69) is 4.72 Å². The Hall–Kier alpha value is -1.67. The maximum absolute atomic E-state index is 13.6. The Morgan fingerprint density at radius 3 is 2.71 bits per heavy atom. The van der Waals surface area contributed by atoms with Crippen molar-refractivity contribution in [1.29, 1.82) is 0 Å². The van der Waals surface area contributed by atoms with Crippen LogP contribution in [0.15, 0.2) is 17.0 Å². The topological polar surface area (TPSA) is 92.5 Å². The van der Waals surface area contributed by atoms with E-state index in [-0.39, 0.29) is 34.5 Å². The molecule has 1 aromatic carbocycles. The lowest BCUT2D eigenvalue weighted by Crippen LogP contribution is -2.48. The van der Waals surface area contributed by atoms with Crippen LogP contribution in [0, 0.1) is 12.7 Å². The fraction of sp³-hybridized carbons (Fsp3) is 0.462. The van der Waals surface area contributed by atoms with Crippen molar-refractivity contribution in [2.45, 2.75) is 30.7 Å². The molecule has 1 fully saturated rings. The van der Waals surface area contributed by atoms with Crippen molar-refractivity contribution in [3.8, 4) is 0 Å². The van der Waals surface area contributed by atoms with E-state index >= 15 is 0 Å². The molecule has 2 rings (SSSR count). The van der Waals surface area contributed by atoms with Gasteiger partial charge in [-0.25, -0.2) is 17.5 Å². The first-order valence-corrected chi connectivity index (χ1v) is 8.01. The molecule has 1 atom stereocenters. The fourth-order valence-corrected chi connectivity index (χ4v) is 3.89. The van der Waals surface area contributed by atoms with Gasteiger partial charge < -0.3 is 10.6 Å². The van der Waals surface area contributed by atoms with Crippen molar-refractivity contribution in [3.05, 3.63) is 23.5 Å². The van der Waals surface area contributed by atoms with E-state index in [0.29, 0.717) is 13.0 Å². The predicted molar refractivity (Wildman–Crippen MR) is 76.5 cm³/mol. The number of nitrogen functional groups attached to an aromatic ring is 1. The van der Waals surface area contributed by atoms with Gasteiger partial charge in [-0.15, -0.1) is 0 Å². The molecule has 1 saturated heterocycles. The molecule has 0 spiro atoms. The minimum atomic E-state index is -3.88. The standard InChI is InChI=1S/C13H18FN3O3S/c1-8-11(14)5-9(15)6-12(8)21(19,20)16-10-3-4-13(18)17(2)7-10/h5-6,10,16H,3-4,7,15H2,1-2H3. The van der Waals surface area contributed by atoms with Gasteiger partial charge in [-0.05, 0) is 25.5 Å². The van der Waals surface area contributed by atoms with Crippen LogP contribution in [0.25, 0.3) is 0 Å². The molecular formula is C13H18FN3O3S. The molecule has 116 valence electrons. The number of benzene rings is 1. The first-order valence-electron chi connectivity index (χ1n) is 6.52. The SMILES string of the molecule is Cc1c(F)cc(N)cc1S(=O)(=O)NC1CCC(=O)N(C)C1. The summed E-state index contributed by atoms with van der Waals surface area (Å²) in [5, 5.41) is 0. The Morgan fingerprint density at radius 1 is 1.43 bits per heavy atom. The average Bonchev–Trinajstić information content (AvgIpc) is 2.37. The third kappa shape index (κ3) is 3.33. The fourth-order valence-electron chi connectivity index (χ4n) is 2.34. The predicted octanol–water partition coefficient (Wildman–Crippen LogP) is 0.615. The summed E-state index contributed by atoms with van der Waals surface area (Å²) in [5.74, 6) is -0.678. The van der Waals surface area contributed by atoms with Crippen LogP contribution in [0.5, 0.6) is 0 Å². The summed E-state index contributed by atoms with van der Waals surface area (Å²) < 4.78 is 40.9. The molecule has 1 aliphatic heterocycles. The summed E-state index contributed by atoms with van der Waals surface area (Å²) in [4.78, 5) is 12.7. The quantitative estimate of drug-likeness (QED) is 0.800. The summed E-state index contributed by atoms with van der Waals surface area (Å²) in [5.41, 5.74) is 5.59. The third-order valence-corrected chi connectivity index (χ3v) is 5.20. The number of carbonyl (C=O) groups excluding carboxylic acids is 1. The van der Waals surface area contributed by atoms with Crippen LogP contribution in [0.4, 0.5) is 10.1 Å². The van der Waals surface area contributed by atoms with Crippen molar-refractivity contribution in [3.63, 3.8) is 0 Å². The summed E-state index contributed by atoms with van der Waals surface area (Å²) in [6.07, 6.45) is 0.709. The number of nitrogens with two attached hydrogens (primary N) is 1. The van der Waals surface area contributed by atoms with E-state index in [9.17, 15) is 17.6 Å². The number of hydrogen-bond donors (Lipinski definition) is 2. The number of nitrogens with one attached hydrogen (secondary N) is 1. The molecular weight excluding hydrogens is 297 g/mol. The van der Waals surface area contributed by atoms with Crippen LogP contribution in [0.2, 0.25) is 0 Å². The Labute approximate surface area is 123 Å². The van der Waals surface area contributed by atoms with Gasteiger partial charge in [-0.1, -0.05) is 0 Å². The van der Waals surface area contributed by atoms with Gasteiger partial charge in [-0.3, -0.25) is 4.79 Å². The Kier molecular flexibility index (Phi) is 4.20. The minimum Gasteiger partial charge on any atom is -0.399 e. The smallest absolute Gasteiger partial charge is 0.241 e. The van der Waals surface area contributed by atoms with Crippen molar-refractivity contribution >= 4 is 21.6 Å². The van der Waals surface area contributed by atoms with Crippen LogP contribution in [-0.4, -0.2) is 38.9 Å². The minimum absolute atomic E-state index is 0.0170. The van der Waals surface area contributed by atoms with Gasteiger partial charge in [0.05, 0.1) is 4.90 Å². The Bertz CT molecular complexity index is 675. The molecule has 21 heavy (non-hydrogen) atoms. The van der Waals surface area contributed by atoms with Gasteiger partial charge in [0.1, 0.15) is 5.82 Å². The first kappa shape index (κ1) is 15.7. The summed E-state index contributed by atoms with van der Waals surface area (Å²) in [6.45, 7) is 1.68. The molecule has 0 bridgehead atoms. The lowest BCUT2D eigenvalue weighted by Gasteiger charge is -2.30. The lowest BCUT2D eigenvalue weighted by molar-refractivity contribution is -0.132. The van der Waals surface area contributed by atoms with Crippen LogP contribution in [0.1, 0.15) is 18.4 Å². The van der Waals surface area contributed by atoms with E-state index in [0.717, 1.165) is 6.07 Å². The second-order valence-electron chi connectivity index (χ2n) is 5.26. The van der Waals surface area contributed by atoms with Crippen molar-refractivity contribution in [2.75, 3.05) is 19.3 Å². The monoisotopic (exact) mass is 315 g/mol. The molecule has 1 aromatic rings. The average molecular weight is 315 g/mol. The second kappa shape index (κ2) is 5.61. The van der Waals surface area contributed by atoms with Crippen LogP contribution < -0.4 is 10.5 Å². The van der Waals surface area contributed by atoms with E-state index in [4.69, 9.17) is 5.73 Å². The zero-order valence-corrected chi connectivity index (χ0v) is 12.7. The zero-order valence-electron chi connectivity index (χ0n) is 11.9. The molecule has 0 aromatic heterocycles. The van der Waals surface area contributed by atoms with Gasteiger partial charge in [0.2, 0.25) is 15.9 Å². The highest BCUT2D eigenvalue weighted by Crippen LogP contribution is 2.23. The molecule has 0 aliphatic carbocycles. The highest BCUT2D eigenvalue weighted by atomic mass is 32.2. The molecule has 1 aliphatic rings. The number of amides is 1. The molecule has 1 heterocycles. The van der Waals surface area contributed by atoms with Crippen molar-refractivity contribution in [2.24, 2.45) is 0 Å². The normalized spacial score (nSPS) is 19.9. The molecule has 0 radical (unpaired) electrons. The number of hydrogen-bond acceptors (Lipinski definition) is 4. The van der Waals surface area contributed by atoms with Gasteiger partial charge in [0.25, 0.3) is 0 Å². The molecule has 0 saturated carbocycles. The maximum Gasteiger partial charge on any atom is 0.241 e. The number of likely N-dealkylation sites (tertiary alicyclic amines) is 1. The number of sulfonamides is 1. The zero-order chi connectivity index (χ0) is 15.8. The number of nitrogens with zero attached hydrogens (tertiary/aromatic N) is 1. The molecule has 6 nitrogen and oxygen atoms in total.